The van der Waals surface area contributed by atoms with Crippen LogP contribution in [0.15, 0.2) is 24.3 Å². The number of benzene rings is 1. The van der Waals surface area contributed by atoms with Gasteiger partial charge in [0.1, 0.15) is 6.10 Å². The molecule has 2 aliphatic heterocycles. The average molecular weight is 304 g/mol. The lowest BCUT2D eigenvalue weighted by Crippen LogP contribution is -2.51. The molecule has 1 aromatic carbocycles. The first-order chi connectivity index (χ1) is 10.7. The first-order valence-electron chi connectivity index (χ1n) is 8.12. The molecule has 1 fully saturated rings. The van der Waals surface area contributed by atoms with E-state index in [-0.39, 0.29) is 12.0 Å². The molecule has 1 amide bonds. The maximum absolute atomic E-state index is 12.8. The van der Waals surface area contributed by atoms with E-state index in [9.17, 15) is 4.79 Å². The number of fused-ring (bicyclic) bond motifs is 1. The van der Waals surface area contributed by atoms with Gasteiger partial charge in [-0.05, 0) is 38.6 Å². The molecule has 0 aromatic heterocycles. The molecular weight excluding hydrogens is 280 g/mol. The van der Waals surface area contributed by atoms with Gasteiger partial charge >= 0.3 is 0 Å². The molecule has 2 heterocycles. The molecule has 22 heavy (non-hydrogen) atoms. The number of likely N-dealkylation sites (N-methyl/N-ethyl adjacent to an activating group) is 1. The summed E-state index contributed by atoms with van der Waals surface area (Å²) in [6.07, 6.45) is 0.189. The second-order valence-electron chi connectivity index (χ2n) is 5.92. The molecule has 0 radical (unpaired) electrons. The Hall–Kier alpha value is -1.75. The molecule has 120 valence electrons. The van der Waals surface area contributed by atoms with E-state index in [1.807, 2.05) is 36.1 Å². The number of carbonyl (C=O) groups excluding carboxylic acids is 1. The SMILES string of the molecule is CCN1CCCN(C(=O)[C@@H]2Oc3ccccc3O[C@@H]2C)CC1. The summed E-state index contributed by atoms with van der Waals surface area (Å²) in [6, 6.07) is 7.52. The van der Waals surface area contributed by atoms with E-state index in [2.05, 4.69) is 11.8 Å². The summed E-state index contributed by atoms with van der Waals surface area (Å²) in [6.45, 7) is 8.64. The highest BCUT2D eigenvalue weighted by molar-refractivity contribution is 5.82. The van der Waals surface area contributed by atoms with Gasteiger partial charge in [0.25, 0.3) is 5.91 Å². The number of ether oxygens (including phenoxy) is 2. The molecule has 2 aliphatic rings. The average Bonchev–Trinajstić information content (AvgIpc) is 2.79. The summed E-state index contributed by atoms with van der Waals surface area (Å²) < 4.78 is 11.8. The summed E-state index contributed by atoms with van der Waals surface area (Å²) >= 11 is 0. The van der Waals surface area contributed by atoms with Crippen LogP contribution in [0.2, 0.25) is 0 Å². The van der Waals surface area contributed by atoms with Crippen molar-refractivity contribution in [1.82, 2.24) is 9.80 Å². The van der Waals surface area contributed by atoms with E-state index in [0.717, 1.165) is 39.1 Å². The van der Waals surface area contributed by atoms with Crippen LogP contribution in [0.1, 0.15) is 20.3 Å². The van der Waals surface area contributed by atoms with Crippen LogP contribution < -0.4 is 9.47 Å². The summed E-state index contributed by atoms with van der Waals surface area (Å²) in [4.78, 5) is 17.1. The minimum atomic E-state index is -0.553. The highest BCUT2D eigenvalue weighted by Crippen LogP contribution is 2.33. The number of rotatable bonds is 2. The van der Waals surface area contributed by atoms with Crippen LogP contribution in [-0.2, 0) is 4.79 Å². The third kappa shape index (κ3) is 3.04. The van der Waals surface area contributed by atoms with Gasteiger partial charge in [0.2, 0.25) is 6.10 Å². The Kier molecular flexibility index (Phi) is 4.52. The maximum atomic E-state index is 12.8. The predicted octanol–water partition coefficient (Wildman–Crippen LogP) is 1.77. The third-order valence-corrected chi connectivity index (χ3v) is 4.43. The summed E-state index contributed by atoms with van der Waals surface area (Å²) in [5.74, 6) is 1.41. The van der Waals surface area contributed by atoms with Crippen LogP contribution in [0.25, 0.3) is 0 Å². The van der Waals surface area contributed by atoms with Gasteiger partial charge in [-0.15, -0.1) is 0 Å². The number of nitrogens with zero attached hydrogens (tertiary/aromatic N) is 2. The zero-order valence-corrected chi connectivity index (χ0v) is 13.3. The van der Waals surface area contributed by atoms with Gasteiger partial charge in [-0.1, -0.05) is 19.1 Å². The topological polar surface area (TPSA) is 42.0 Å². The maximum Gasteiger partial charge on any atom is 0.267 e. The zero-order chi connectivity index (χ0) is 15.5. The first kappa shape index (κ1) is 15.2. The molecule has 0 saturated carbocycles. The third-order valence-electron chi connectivity index (χ3n) is 4.43. The van der Waals surface area contributed by atoms with Crippen LogP contribution in [0.5, 0.6) is 11.5 Å². The number of hydrogen-bond acceptors (Lipinski definition) is 4. The number of carbonyl (C=O) groups is 1. The van der Waals surface area contributed by atoms with Crippen molar-refractivity contribution >= 4 is 5.91 Å². The van der Waals surface area contributed by atoms with E-state index >= 15 is 0 Å². The second-order valence-corrected chi connectivity index (χ2v) is 5.92. The first-order valence-corrected chi connectivity index (χ1v) is 8.12. The van der Waals surface area contributed by atoms with Crippen molar-refractivity contribution in [3.05, 3.63) is 24.3 Å². The smallest absolute Gasteiger partial charge is 0.267 e. The molecule has 0 spiro atoms. The van der Waals surface area contributed by atoms with Crippen molar-refractivity contribution in [2.75, 3.05) is 32.7 Å². The fourth-order valence-corrected chi connectivity index (χ4v) is 3.08. The Morgan fingerprint density at radius 3 is 2.59 bits per heavy atom. The Balaban J connectivity index is 1.70. The normalized spacial score (nSPS) is 25.6. The van der Waals surface area contributed by atoms with Gasteiger partial charge in [0, 0.05) is 19.6 Å². The van der Waals surface area contributed by atoms with Gasteiger partial charge < -0.3 is 19.3 Å². The van der Waals surface area contributed by atoms with E-state index in [1.54, 1.807) is 0 Å². The lowest BCUT2D eigenvalue weighted by molar-refractivity contribution is -0.144. The largest absolute Gasteiger partial charge is 0.482 e. The molecule has 2 atom stereocenters. The summed E-state index contributed by atoms with van der Waals surface area (Å²) in [7, 11) is 0. The molecule has 1 saturated heterocycles. The van der Waals surface area contributed by atoms with E-state index in [4.69, 9.17) is 9.47 Å². The summed E-state index contributed by atoms with van der Waals surface area (Å²) in [5.41, 5.74) is 0. The predicted molar refractivity (Wildman–Crippen MR) is 84.3 cm³/mol. The molecule has 0 aliphatic carbocycles. The van der Waals surface area contributed by atoms with E-state index in [0.29, 0.717) is 11.5 Å². The van der Waals surface area contributed by atoms with Gasteiger partial charge in [-0.2, -0.15) is 0 Å². The van der Waals surface area contributed by atoms with Crippen LogP contribution in [-0.4, -0.2) is 60.6 Å². The quantitative estimate of drug-likeness (QED) is 0.835. The molecule has 1 aromatic rings. The number of amides is 1. The van der Waals surface area contributed by atoms with Crippen molar-refractivity contribution in [2.24, 2.45) is 0 Å². The van der Waals surface area contributed by atoms with Gasteiger partial charge in [0.15, 0.2) is 11.5 Å². The molecule has 0 bridgehead atoms. The Labute approximate surface area is 131 Å². The number of hydrogen-bond donors (Lipinski definition) is 0. The lowest BCUT2D eigenvalue weighted by Gasteiger charge is -2.34. The molecular formula is C17H24N2O3. The highest BCUT2D eigenvalue weighted by Gasteiger charge is 2.37. The van der Waals surface area contributed by atoms with Crippen LogP contribution in [0.3, 0.4) is 0 Å². The minimum absolute atomic E-state index is 0.0416. The Morgan fingerprint density at radius 1 is 1.14 bits per heavy atom. The Morgan fingerprint density at radius 2 is 1.86 bits per heavy atom. The van der Waals surface area contributed by atoms with Crippen molar-refractivity contribution in [3.63, 3.8) is 0 Å². The van der Waals surface area contributed by atoms with Crippen molar-refractivity contribution < 1.29 is 14.3 Å². The number of para-hydroxylation sites is 2. The molecule has 0 N–H and O–H groups in total. The van der Waals surface area contributed by atoms with Gasteiger partial charge in [-0.3, -0.25) is 4.79 Å². The van der Waals surface area contributed by atoms with Crippen LogP contribution >= 0.6 is 0 Å². The fourth-order valence-electron chi connectivity index (χ4n) is 3.08. The lowest BCUT2D eigenvalue weighted by atomic mass is 10.1. The fraction of sp³-hybridized carbons (Fsp3) is 0.588. The molecule has 3 rings (SSSR count). The monoisotopic (exact) mass is 304 g/mol. The van der Waals surface area contributed by atoms with Crippen LogP contribution in [0, 0.1) is 0 Å². The van der Waals surface area contributed by atoms with Gasteiger partial charge in [0.05, 0.1) is 0 Å². The van der Waals surface area contributed by atoms with E-state index in [1.165, 1.54) is 0 Å². The zero-order valence-electron chi connectivity index (χ0n) is 13.3. The molecule has 5 nitrogen and oxygen atoms in total. The van der Waals surface area contributed by atoms with Crippen LogP contribution in [0.4, 0.5) is 0 Å². The van der Waals surface area contributed by atoms with Crippen molar-refractivity contribution in [2.45, 2.75) is 32.5 Å². The standard InChI is InChI=1S/C17H24N2O3/c1-3-18-9-6-10-19(12-11-18)17(20)16-13(2)21-14-7-4-5-8-15(14)22-16/h4-5,7-8,13,16H,3,6,9-12H2,1-2H3/t13-,16-/m1/s1. The second kappa shape index (κ2) is 6.57. The van der Waals surface area contributed by atoms with Crippen molar-refractivity contribution in [3.8, 4) is 11.5 Å². The van der Waals surface area contributed by atoms with Crippen molar-refractivity contribution in [1.29, 1.82) is 0 Å². The molecule has 0 unspecified atom stereocenters. The highest BCUT2D eigenvalue weighted by atomic mass is 16.6. The summed E-state index contributed by atoms with van der Waals surface area (Å²) in [5, 5.41) is 0. The minimum Gasteiger partial charge on any atom is -0.482 e. The van der Waals surface area contributed by atoms with Gasteiger partial charge in [-0.25, -0.2) is 0 Å². The Bertz CT molecular complexity index is 534. The van der Waals surface area contributed by atoms with E-state index < -0.39 is 6.10 Å². The molecule has 5 heteroatoms.